The Bertz CT molecular complexity index is 1120. The van der Waals surface area contributed by atoms with Gasteiger partial charge in [-0.2, -0.15) is 0 Å². The fraction of sp³-hybridized carbons (Fsp3) is 0.286. The monoisotopic (exact) mass is 424 g/mol. The summed E-state index contributed by atoms with van der Waals surface area (Å²) in [4.78, 5) is 52.1. The molecule has 2 aromatic carbocycles. The van der Waals surface area contributed by atoms with Crippen LogP contribution in [0, 0.1) is 10.1 Å². The quantitative estimate of drug-likeness (QED) is 0.581. The third-order valence-electron chi connectivity index (χ3n) is 5.72. The van der Waals surface area contributed by atoms with Crippen molar-refractivity contribution in [1.29, 1.82) is 0 Å². The lowest BCUT2D eigenvalue weighted by Crippen LogP contribution is -2.63. The van der Waals surface area contributed by atoms with E-state index in [4.69, 9.17) is 4.74 Å². The summed E-state index contributed by atoms with van der Waals surface area (Å²) in [6.07, 6.45) is 0.647. The van der Waals surface area contributed by atoms with E-state index in [-0.39, 0.29) is 41.9 Å². The maximum Gasteiger partial charge on any atom is 0.271 e. The van der Waals surface area contributed by atoms with Gasteiger partial charge in [-0.3, -0.25) is 29.4 Å². The Morgan fingerprint density at radius 2 is 2.00 bits per heavy atom. The van der Waals surface area contributed by atoms with Crippen molar-refractivity contribution in [3.05, 3.63) is 58.1 Å². The number of nitrogens with one attached hydrogen (secondary N) is 1. The number of methoxy groups -OCH3 is 1. The molecular formula is C21H20N4O6. The summed E-state index contributed by atoms with van der Waals surface area (Å²) in [6, 6.07) is 10.6. The van der Waals surface area contributed by atoms with Crippen molar-refractivity contribution in [2.24, 2.45) is 0 Å². The first kappa shape index (κ1) is 20.3. The number of fused-ring (bicyclic) bond motifs is 3. The average Bonchev–Trinajstić information content (AvgIpc) is 3.06. The van der Waals surface area contributed by atoms with Gasteiger partial charge in [0.15, 0.2) is 0 Å². The molecule has 10 nitrogen and oxygen atoms in total. The van der Waals surface area contributed by atoms with E-state index in [0.717, 1.165) is 0 Å². The van der Waals surface area contributed by atoms with Crippen molar-refractivity contribution in [1.82, 2.24) is 4.90 Å². The molecule has 1 saturated heterocycles. The second kappa shape index (κ2) is 7.38. The minimum absolute atomic E-state index is 0.117. The molecule has 2 aliphatic heterocycles. The van der Waals surface area contributed by atoms with Crippen molar-refractivity contribution >= 4 is 34.8 Å². The number of non-ortho nitro benzene ring substituents is 1. The molecule has 0 aromatic heterocycles. The lowest BCUT2D eigenvalue weighted by molar-refractivity contribution is -0.384. The number of anilines is 2. The number of ether oxygens (including phenoxy) is 1. The minimum atomic E-state index is -0.980. The topological polar surface area (TPSA) is 122 Å². The first-order valence-corrected chi connectivity index (χ1v) is 9.62. The van der Waals surface area contributed by atoms with Crippen LogP contribution in [0.2, 0.25) is 0 Å². The number of nitro benzene ring substituents is 1. The lowest BCUT2D eigenvalue weighted by Gasteiger charge is -2.48. The van der Waals surface area contributed by atoms with Crippen LogP contribution in [0.25, 0.3) is 0 Å². The van der Waals surface area contributed by atoms with Gasteiger partial charge in [0.2, 0.25) is 11.8 Å². The first-order chi connectivity index (χ1) is 14.8. The average molecular weight is 424 g/mol. The van der Waals surface area contributed by atoms with Gasteiger partial charge in [0, 0.05) is 18.6 Å². The van der Waals surface area contributed by atoms with Crippen LogP contribution in [0.3, 0.4) is 0 Å². The largest absolute Gasteiger partial charge is 0.495 e. The number of carbonyl (C=O) groups is 3. The highest BCUT2D eigenvalue weighted by Gasteiger charge is 2.53. The summed E-state index contributed by atoms with van der Waals surface area (Å²) < 4.78 is 5.17. The van der Waals surface area contributed by atoms with Gasteiger partial charge >= 0.3 is 0 Å². The van der Waals surface area contributed by atoms with Gasteiger partial charge in [-0.1, -0.05) is 12.1 Å². The second-order valence-corrected chi connectivity index (χ2v) is 7.54. The fourth-order valence-corrected chi connectivity index (χ4v) is 4.18. The smallest absolute Gasteiger partial charge is 0.271 e. The first-order valence-electron chi connectivity index (χ1n) is 9.62. The standard InChI is InChI=1S/C21H20N4O6/c1-21-10-9-19(27)24(21)16-6-4-3-5-14(16)20(28)23(21)12-18(26)22-15-11-13(25(29)30)7-8-17(15)31-2/h3-8,11H,9-10,12H2,1-2H3,(H,22,26). The molecule has 3 amide bonds. The van der Waals surface area contributed by atoms with E-state index in [9.17, 15) is 24.5 Å². The zero-order valence-corrected chi connectivity index (χ0v) is 17.0. The third-order valence-corrected chi connectivity index (χ3v) is 5.72. The molecule has 4 rings (SSSR count). The van der Waals surface area contributed by atoms with Crippen molar-refractivity contribution in [2.45, 2.75) is 25.4 Å². The molecule has 0 bridgehead atoms. The molecule has 10 heteroatoms. The Labute approximate surface area is 177 Å². The van der Waals surface area contributed by atoms with Gasteiger partial charge in [-0.25, -0.2) is 0 Å². The van der Waals surface area contributed by atoms with Crippen molar-refractivity contribution in [3.8, 4) is 5.75 Å². The summed E-state index contributed by atoms with van der Waals surface area (Å²) >= 11 is 0. The number of para-hydroxylation sites is 1. The van der Waals surface area contributed by atoms with Gasteiger partial charge in [0.1, 0.15) is 18.0 Å². The Morgan fingerprint density at radius 3 is 2.71 bits per heavy atom. The van der Waals surface area contributed by atoms with E-state index in [0.29, 0.717) is 17.7 Å². The van der Waals surface area contributed by atoms with E-state index >= 15 is 0 Å². The summed E-state index contributed by atoms with van der Waals surface area (Å²) in [7, 11) is 1.38. The molecule has 160 valence electrons. The number of nitro groups is 1. The Kier molecular flexibility index (Phi) is 4.84. The fourth-order valence-electron chi connectivity index (χ4n) is 4.18. The molecular weight excluding hydrogens is 404 g/mol. The van der Waals surface area contributed by atoms with Gasteiger partial charge in [0.25, 0.3) is 11.6 Å². The summed E-state index contributed by atoms with van der Waals surface area (Å²) in [5.41, 5.74) is -0.188. The van der Waals surface area contributed by atoms with Crippen LogP contribution in [0.15, 0.2) is 42.5 Å². The molecule has 0 aliphatic carbocycles. The Hall–Kier alpha value is -3.95. The highest BCUT2D eigenvalue weighted by Crippen LogP contribution is 2.43. The van der Waals surface area contributed by atoms with Crippen LogP contribution < -0.4 is 15.0 Å². The predicted octanol–water partition coefficient (Wildman–Crippen LogP) is 2.54. The molecule has 2 heterocycles. The zero-order valence-electron chi connectivity index (χ0n) is 17.0. The number of nitrogens with zero attached hydrogens (tertiary/aromatic N) is 3. The Balaban J connectivity index is 1.64. The second-order valence-electron chi connectivity index (χ2n) is 7.54. The normalized spacial score (nSPS) is 19.7. The van der Waals surface area contributed by atoms with Crippen LogP contribution >= 0.6 is 0 Å². The van der Waals surface area contributed by atoms with Gasteiger partial charge in [0.05, 0.1) is 29.0 Å². The highest BCUT2D eigenvalue weighted by molar-refractivity contribution is 6.11. The summed E-state index contributed by atoms with van der Waals surface area (Å²) in [5.74, 6) is -0.788. The van der Waals surface area contributed by atoms with Crippen LogP contribution in [-0.2, 0) is 9.59 Å². The predicted molar refractivity (Wildman–Crippen MR) is 111 cm³/mol. The lowest BCUT2D eigenvalue weighted by atomic mass is 9.98. The zero-order chi connectivity index (χ0) is 22.3. The molecule has 1 N–H and O–H groups in total. The Morgan fingerprint density at radius 1 is 1.26 bits per heavy atom. The summed E-state index contributed by atoms with van der Waals surface area (Å²) in [6.45, 7) is 1.42. The van der Waals surface area contributed by atoms with E-state index in [2.05, 4.69) is 5.32 Å². The maximum atomic E-state index is 13.2. The molecule has 1 fully saturated rings. The van der Waals surface area contributed by atoms with E-state index in [1.54, 1.807) is 36.1 Å². The van der Waals surface area contributed by atoms with Gasteiger partial charge in [-0.05, 0) is 31.5 Å². The number of hydrogen-bond donors (Lipinski definition) is 1. The van der Waals surface area contributed by atoms with Gasteiger partial charge < -0.3 is 15.0 Å². The molecule has 0 spiro atoms. The molecule has 2 aliphatic rings. The van der Waals surface area contributed by atoms with Crippen molar-refractivity contribution < 1.29 is 24.0 Å². The third kappa shape index (κ3) is 3.25. The molecule has 2 aromatic rings. The highest BCUT2D eigenvalue weighted by atomic mass is 16.6. The van der Waals surface area contributed by atoms with E-state index in [1.165, 1.54) is 30.2 Å². The molecule has 0 saturated carbocycles. The van der Waals surface area contributed by atoms with E-state index < -0.39 is 16.5 Å². The van der Waals surface area contributed by atoms with Gasteiger partial charge in [-0.15, -0.1) is 0 Å². The molecule has 1 atom stereocenters. The SMILES string of the molecule is COc1ccc([N+](=O)[O-])cc1NC(=O)CN1C(=O)c2ccccc2N2C(=O)CCC12C. The molecule has 1 unspecified atom stereocenters. The number of benzene rings is 2. The maximum absolute atomic E-state index is 13.2. The molecule has 31 heavy (non-hydrogen) atoms. The van der Waals surface area contributed by atoms with Crippen LogP contribution in [0.4, 0.5) is 17.1 Å². The summed E-state index contributed by atoms with van der Waals surface area (Å²) in [5, 5.41) is 13.7. The minimum Gasteiger partial charge on any atom is -0.495 e. The van der Waals surface area contributed by atoms with Crippen LogP contribution in [0.1, 0.15) is 30.1 Å². The van der Waals surface area contributed by atoms with Crippen molar-refractivity contribution in [3.63, 3.8) is 0 Å². The van der Waals surface area contributed by atoms with E-state index in [1.807, 2.05) is 0 Å². The van der Waals surface area contributed by atoms with Crippen molar-refractivity contribution in [2.75, 3.05) is 23.9 Å². The number of hydrogen-bond acceptors (Lipinski definition) is 6. The molecule has 0 radical (unpaired) electrons. The number of amides is 3. The number of carbonyl (C=O) groups excluding carboxylic acids is 3. The van der Waals surface area contributed by atoms with Crippen LogP contribution in [0.5, 0.6) is 5.75 Å². The van der Waals surface area contributed by atoms with Crippen LogP contribution in [-0.4, -0.2) is 46.9 Å². The number of rotatable bonds is 5.